The first-order valence-electron chi connectivity index (χ1n) is 4.01. The van der Waals surface area contributed by atoms with Gasteiger partial charge in [0.15, 0.2) is 5.54 Å². The van der Waals surface area contributed by atoms with E-state index in [9.17, 15) is 0 Å². The van der Waals surface area contributed by atoms with Crippen molar-refractivity contribution in [3.63, 3.8) is 0 Å². The summed E-state index contributed by atoms with van der Waals surface area (Å²) in [6.07, 6.45) is 0. The van der Waals surface area contributed by atoms with Crippen LogP contribution in [0.5, 0.6) is 0 Å². The Bertz CT molecular complexity index is 214. The van der Waals surface area contributed by atoms with Crippen LogP contribution < -0.4 is 5.32 Å². The quantitative estimate of drug-likeness (QED) is 0.578. The highest BCUT2D eigenvalue weighted by Crippen LogP contribution is 2.12. The van der Waals surface area contributed by atoms with E-state index in [1.54, 1.807) is 6.92 Å². The Balaban J connectivity index is 2.67. The Morgan fingerprint density at radius 3 is 2.17 bits per heavy atom. The average molecular weight is 164 g/mol. The molecule has 4 nitrogen and oxygen atoms in total. The van der Waals surface area contributed by atoms with E-state index in [1.165, 1.54) is 0 Å². The molecule has 0 spiro atoms. The molecule has 1 heterocycles. The van der Waals surface area contributed by atoms with E-state index in [2.05, 4.69) is 5.32 Å². The molecule has 0 aliphatic carbocycles. The SMILES string of the molecule is CC(C#N)(C#N)N1CCNCC1. The molecule has 0 radical (unpaired) electrons. The minimum absolute atomic E-state index is 0.775. The van der Waals surface area contributed by atoms with Crippen molar-refractivity contribution in [2.45, 2.75) is 12.5 Å². The van der Waals surface area contributed by atoms with Crippen LogP contribution in [0, 0.1) is 22.7 Å². The van der Waals surface area contributed by atoms with Gasteiger partial charge in [-0.1, -0.05) is 0 Å². The summed E-state index contributed by atoms with van der Waals surface area (Å²) >= 11 is 0. The van der Waals surface area contributed by atoms with Crippen LogP contribution in [0.2, 0.25) is 0 Å². The molecule has 0 bridgehead atoms. The van der Waals surface area contributed by atoms with Gasteiger partial charge >= 0.3 is 0 Å². The van der Waals surface area contributed by atoms with Crippen molar-refractivity contribution >= 4 is 0 Å². The van der Waals surface area contributed by atoms with Crippen LogP contribution in [0.25, 0.3) is 0 Å². The van der Waals surface area contributed by atoms with Crippen LogP contribution in [-0.4, -0.2) is 36.6 Å². The zero-order valence-electron chi connectivity index (χ0n) is 7.17. The standard InChI is InChI=1S/C8H12N4/c1-8(6-9,7-10)12-4-2-11-3-5-12/h11H,2-5H2,1H3. The van der Waals surface area contributed by atoms with Crippen molar-refractivity contribution in [1.82, 2.24) is 10.2 Å². The molecule has 1 aliphatic heterocycles. The number of rotatable bonds is 1. The molecule has 12 heavy (non-hydrogen) atoms. The Labute approximate surface area is 72.4 Å². The molecule has 0 aromatic rings. The number of hydrogen-bond donors (Lipinski definition) is 1. The maximum atomic E-state index is 8.80. The van der Waals surface area contributed by atoms with E-state index in [4.69, 9.17) is 10.5 Å². The smallest absolute Gasteiger partial charge is 0.193 e. The second-order valence-corrected chi connectivity index (χ2v) is 3.03. The van der Waals surface area contributed by atoms with Crippen molar-refractivity contribution in [3.8, 4) is 12.1 Å². The molecule has 0 amide bonds. The highest BCUT2D eigenvalue weighted by molar-refractivity contribution is 5.20. The van der Waals surface area contributed by atoms with E-state index >= 15 is 0 Å². The Hall–Kier alpha value is -1.10. The summed E-state index contributed by atoms with van der Waals surface area (Å²) in [5.41, 5.74) is -0.942. The van der Waals surface area contributed by atoms with E-state index < -0.39 is 5.54 Å². The minimum Gasteiger partial charge on any atom is -0.314 e. The summed E-state index contributed by atoms with van der Waals surface area (Å²) in [4.78, 5) is 1.91. The van der Waals surface area contributed by atoms with Gasteiger partial charge in [0.2, 0.25) is 0 Å². The van der Waals surface area contributed by atoms with Crippen LogP contribution in [0.3, 0.4) is 0 Å². The van der Waals surface area contributed by atoms with Gasteiger partial charge in [-0.15, -0.1) is 0 Å². The molecule has 0 aromatic carbocycles. The maximum Gasteiger partial charge on any atom is 0.193 e. The summed E-state index contributed by atoms with van der Waals surface area (Å²) in [5, 5.41) is 20.8. The molecular weight excluding hydrogens is 152 g/mol. The zero-order chi connectivity index (χ0) is 9.03. The van der Waals surface area contributed by atoms with Gasteiger partial charge in [-0.2, -0.15) is 10.5 Å². The maximum absolute atomic E-state index is 8.80. The van der Waals surface area contributed by atoms with Crippen molar-refractivity contribution in [3.05, 3.63) is 0 Å². The second kappa shape index (κ2) is 3.53. The van der Waals surface area contributed by atoms with Gasteiger partial charge < -0.3 is 5.32 Å². The first kappa shape index (κ1) is 8.99. The third-order valence-electron chi connectivity index (χ3n) is 2.18. The summed E-state index contributed by atoms with van der Waals surface area (Å²) < 4.78 is 0. The summed E-state index contributed by atoms with van der Waals surface area (Å²) in [5.74, 6) is 0. The number of nitrogens with zero attached hydrogens (tertiary/aromatic N) is 3. The molecule has 1 N–H and O–H groups in total. The van der Waals surface area contributed by atoms with Crippen LogP contribution in [0.15, 0.2) is 0 Å². The number of nitrogens with one attached hydrogen (secondary N) is 1. The summed E-state index contributed by atoms with van der Waals surface area (Å²) in [6.45, 7) is 4.94. The number of piperazine rings is 1. The van der Waals surface area contributed by atoms with Gasteiger partial charge in [0.1, 0.15) is 12.1 Å². The Morgan fingerprint density at radius 2 is 1.75 bits per heavy atom. The minimum atomic E-state index is -0.942. The van der Waals surface area contributed by atoms with Crippen LogP contribution >= 0.6 is 0 Å². The number of nitriles is 2. The largest absolute Gasteiger partial charge is 0.314 e. The molecule has 0 unspecified atom stereocenters. The third-order valence-corrected chi connectivity index (χ3v) is 2.18. The molecule has 64 valence electrons. The van der Waals surface area contributed by atoms with Crippen molar-refractivity contribution < 1.29 is 0 Å². The van der Waals surface area contributed by atoms with Crippen molar-refractivity contribution in [1.29, 1.82) is 10.5 Å². The Morgan fingerprint density at radius 1 is 1.25 bits per heavy atom. The van der Waals surface area contributed by atoms with Gasteiger partial charge in [-0.3, -0.25) is 4.90 Å². The normalized spacial score (nSPS) is 19.6. The van der Waals surface area contributed by atoms with Crippen LogP contribution in [0.4, 0.5) is 0 Å². The van der Waals surface area contributed by atoms with E-state index in [0.29, 0.717) is 0 Å². The van der Waals surface area contributed by atoms with E-state index in [1.807, 2.05) is 17.0 Å². The summed E-state index contributed by atoms with van der Waals surface area (Å²) in [6, 6.07) is 4.07. The lowest BCUT2D eigenvalue weighted by Gasteiger charge is -2.33. The summed E-state index contributed by atoms with van der Waals surface area (Å²) in [7, 11) is 0. The van der Waals surface area contributed by atoms with Gasteiger partial charge in [0, 0.05) is 26.2 Å². The molecule has 1 saturated heterocycles. The van der Waals surface area contributed by atoms with Crippen molar-refractivity contribution in [2.75, 3.05) is 26.2 Å². The van der Waals surface area contributed by atoms with Crippen LogP contribution in [-0.2, 0) is 0 Å². The van der Waals surface area contributed by atoms with Gasteiger partial charge in [-0.05, 0) is 6.92 Å². The van der Waals surface area contributed by atoms with Gasteiger partial charge in [-0.25, -0.2) is 0 Å². The average Bonchev–Trinajstić information content (AvgIpc) is 2.18. The third kappa shape index (κ3) is 1.55. The topological polar surface area (TPSA) is 62.9 Å². The first-order chi connectivity index (χ1) is 5.73. The van der Waals surface area contributed by atoms with E-state index in [0.717, 1.165) is 26.2 Å². The molecule has 1 aliphatic rings. The predicted molar refractivity (Wildman–Crippen MR) is 44.1 cm³/mol. The fourth-order valence-electron chi connectivity index (χ4n) is 1.28. The monoisotopic (exact) mass is 164 g/mol. The molecule has 0 saturated carbocycles. The van der Waals surface area contributed by atoms with E-state index in [-0.39, 0.29) is 0 Å². The lowest BCUT2D eigenvalue weighted by molar-refractivity contribution is 0.173. The highest BCUT2D eigenvalue weighted by Gasteiger charge is 2.32. The molecule has 1 fully saturated rings. The Kier molecular flexibility index (Phi) is 2.65. The highest BCUT2D eigenvalue weighted by atomic mass is 15.2. The molecular formula is C8H12N4. The predicted octanol–water partition coefficient (Wildman–Crippen LogP) is -0.303. The second-order valence-electron chi connectivity index (χ2n) is 3.03. The van der Waals surface area contributed by atoms with Crippen molar-refractivity contribution in [2.24, 2.45) is 0 Å². The lowest BCUT2D eigenvalue weighted by Crippen LogP contribution is -2.53. The molecule has 4 heteroatoms. The fourth-order valence-corrected chi connectivity index (χ4v) is 1.28. The van der Waals surface area contributed by atoms with Crippen LogP contribution in [0.1, 0.15) is 6.92 Å². The molecule has 0 aromatic heterocycles. The zero-order valence-corrected chi connectivity index (χ0v) is 7.17. The fraction of sp³-hybridized carbons (Fsp3) is 0.750. The van der Waals surface area contributed by atoms with Gasteiger partial charge in [0.25, 0.3) is 0 Å². The molecule has 1 rings (SSSR count). The lowest BCUT2D eigenvalue weighted by atomic mass is 10.0. The molecule has 0 atom stereocenters. The number of hydrogen-bond acceptors (Lipinski definition) is 4. The van der Waals surface area contributed by atoms with Gasteiger partial charge in [0.05, 0.1) is 0 Å². The first-order valence-corrected chi connectivity index (χ1v) is 4.01.